The van der Waals surface area contributed by atoms with E-state index in [0.29, 0.717) is 22.6 Å². The van der Waals surface area contributed by atoms with Crippen molar-refractivity contribution in [1.29, 1.82) is 5.41 Å². The Morgan fingerprint density at radius 3 is 2.50 bits per heavy atom. The fourth-order valence-electron chi connectivity index (χ4n) is 2.67. The Morgan fingerprint density at radius 2 is 1.85 bits per heavy atom. The number of hydrogen-bond donors (Lipinski definition) is 3. The lowest BCUT2D eigenvalue weighted by atomic mass is 10.0. The Morgan fingerprint density at radius 1 is 1.12 bits per heavy atom. The van der Waals surface area contributed by atoms with Crippen molar-refractivity contribution in [2.24, 2.45) is 0 Å². The molecule has 0 spiro atoms. The van der Waals surface area contributed by atoms with Gasteiger partial charge in [0.2, 0.25) is 0 Å². The van der Waals surface area contributed by atoms with Gasteiger partial charge >= 0.3 is 0 Å². The highest BCUT2D eigenvalue weighted by Crippen LogP contribution is 2.30. The minimum Gasteiger partial charge on any atom is -0.397 e. The van der Waals surface area contributed by atoms with Crippen LogP contribution in [0, 0.1) is 5.41 Å². The molecular weight excluding hydrogens is 342 g/mol. The number of thiophene rings is 1. The van der Waals surface area contributed by atoms with E-state index >= 15 is 0 Å². The smallest absolute Gasteiger partial charge is 0.255 e. The molecule has 3 rings (SSSR count). The van der Waals surface area contributed by atoms with E-state index in [4.69, 9.17) is 11.1 Å². The zero-order valence-corrected chi connectivity index (χ0v) is 15.4. The second-order valence-electron chi connectivity index (χ2n) is 6.04. The molecule has 26 heavy (non-hydrogen) atoms. The van der Waals surface area contributed by atoms with Crippen LogP contribution in [0.15, 0.2) is 60.0 Å². The molecule has 0 atom stereocenters. The Balaban J connectivity index is 1.77. The van der Waals surface area contributed by atoms with Crippen LogP contribution in [0.1, 0.15) is 35.7 Å². The standard InChI is InChI=1S/C21H21N3OS/c1-2-4-17(22)14-6-8-15(9-7-14)21(25)24-19-13-16(10-11-18(19)23)20-5-3-12-26-20/h3,5-13,22H,2,4,23H2,1H3,(H,24,25). The van der Waals surface area contributed by atoms with Crippen molar-refractivity contribution in [3.63, 3.8) is 0 Å². The Hall–Kier alpha value is -2.92. The molecular formula is C21H21N3OS. The number of hydrogen-bond acceptors (Lipinski definition) is 4. The van der Waals surface area contributed by atoms with Crippen LogP contribution in [0.2, 0.25) is 0 Å². The minimum atomic E-state index is -0.214. The van der Waals surface area contributed by atoms with Gasteiger partial charge in [-0.1, -0.05) is 37.6 Å². The number of nitrogens with two attached hydrogens (primary N) is 1. The van der Waals surface area contributed by atoms with E-state index < -0.39 is 0 Å². The molecule has 1 heterocycles. The van der Waals surface area contributed by atoms with Crippen molar-refractivity contribution < 1.29 is 4.79 Å². The van der Waals surface area contributed by atoms with Crippen molar-refractivity contribution in [2.75, 3.05) is 11.1 Å². The normalized spacial score (nSPS) is 10.5. The first kappa shape index (κ1) is 17.9. The first-order chi connectivity index (χ1) is 12.6. The van der Waals surface area contributed by atoms with Crippen LogP contribution in [-0.2, 0) is 0 Å². The van der Waals surface area contributed by atoms with Gasteiger partial charge in [-0.2, -0.15) is 0 Å². The van der Waals surface area contributed by atoms with E-state index in [1.54, 1.807) is 29.5 Å². The largest absolute Gasteiger partial charge is 0.397 e. The number of carbonyl (C=O) groups excluding carboxylic acids is 1. The fourth-order valence-corrected chi connectivity index (χ4v) is 3.40. The second-order valence-corrected chi connectivity index (χ2v) is 6.99. The van der Waals surface area contributed by atoms with Crippen LogP contribution in [0.25, 0.3) is 10.4 Å². The van der Waals surface area contributed by atoms with Gasteiger partial charge in [0.15, 0.2) is 0 Å². The van der Waals surface area contributed by atoms with Crippen LogP contribution in [-0.4, -0.2) is 11.6 Å². The van der Waals surface area contributed by atoms with Crippen LogP contribution in [0.5, 0.6) is 0 Å². The number of rotatable bonds is 6. The van der Waals surface area contributed by atoms with Gasteiger partial charge in [-0.15, -0.1) is 11.3 Å². The van der Waals surface area contributed by atoms with Gasteiger partial charge < -0.3 is 16.5 Å². The molecule has 0 aliphatic heterocycles. The van der Waals surface area contributed by atoms with E-state index in [1.807, 2.05) is 48.7 Å². The molecule has 0 aliphatic carbocycles. The fraction of sp³-hybridized carbons (Fsp3) is 0.143. The quantitative estimate of drug-likeness (QED) is 0.404. The first-order valence-electron chi connectivity index (χ1n) is 8.51. The zero-order chi connectivity index (χ0) is 18.5. The Kier molecular flexibility index (Phi) is 5.49. The summed E-state index contributed by atoms with van der Waals surface area (Å²) in [7, 11) is 0. The lowest BCUT2D eigenvalue weighted by Crippen LogP contribution is -2.13. The highest BCUT2D eigenvalue weighted by Gasteiger charge is 2.10. The van der Waals surface area contributed by atoms with E-state index in [0.717, 1.165) is 28.8 Å². The molecule has 1 amide bonds. The summed E-state index contributed by atoms with van der Waals surface area (Å²) in [4.78, 5) is 13.7. The summed E-state index contributed by atoms with van der Waals surface area (Å²) in [6.07, 6.45) is 1.67. The number of amides is 1. The lowest BCUT2D eigenvalue weighted by Gasteiger charge is -2.10. The predicted molar refractivity (Wildman–Crippen MR) is 110 cm³/mol. The van der Waals surface area contributed by atoms with Gasteiger partial charge in [0.05, 0.1) is 11.4 Å². The van der Waals surface area contributed by atoms with Gasteiger partial charge in [0.1, 0.15) is 0 Å². The molecule has 0 saturated heterocycles. The molecule has 0 saturated carbocycles. The molecule has 5 heteroatoms. The molecule has 0 bridgehead atoms. The number of anilines is 2. The summed E-state index contributed by atoms with van der Waals surface area (Å²) in [5, 5.41) is 12.9. The summed E-state index contributed by atoms with van der Waals surface area (Å²) in [5.74, 6) is -0.214. The van der Waals surface area contributed by atoms with E-state index in [2.05, 4.69) is 5.32 Å². The topological polar surface area (TPSA) is 79.0 Å². The van der Waals surface area contributed by atoms with Crippen LogP contribution in [0.4, 0.5) is 11.4 Å². The van der Waals surface area contributed by atoms with Crippen molar-refractivity contribution in [3.05, 3.63) is 71.1 Å². The second kappa shape index (κ2) is 7.97. The van der Waals surface area contributed by atoms with Crippen molar-refractivity contribution >= 4 is 34.3 Å². The van der Waals surface area contributed by atoms with Crippen molar-refractivity contribution in [2.45, 2.75) is 19.8 Å². The molecule has 4 nitrogen and oxygen atoms in total. The average molecular weight is 363 g/mol. The molecule has 0 aliphatic rings. The predicted octanol–water partition coefficient (Wildman–Crippen LogP) is 5.42. The highest BCUT2D eigenvalue weighted by atomic mass is 32.1. The lowest BCUT2D eigenvalue weighted by molar-refractivity contribution is 0.102. The molecule has 132 valence electrons. The van der Waals surface area contributed by atoms with Crippen LogP contribution < -0.4 is 11.1 Å². The molecule has 2 aromatic carbocycles. The van der Waals surface area contributed by atoms with Crippen molar-refractivity contribution in [1.82, 2.24) is 0 Å². The first-order valence-corrected chi connectivity index (χ1v) is 9.39. The molecule has 4 N–H and O–H groups in total. The Bertz CT molecular complexity index is 915. The third kappa shape index (κ3) is 4.00. The Labute approximate surface area is 157 Å². The van der Waals surface area contributed by atoms with E-state index in [1.165, 1.54) is 0 Å². The van der Waals surface area contributed by atoms with Gasteiger partial charge in [-0.05, 0) is 53.3 Å². The third-order valence-electron chi connectivity index (χ3n) is 4.10. The number of benzene rings is 2. The maximum atomic E-state index is 12.6. The SMILES string of the molecule is CCCC(=N)c1ccc(C(=O)Nc2cc(-c3cccs3)ccc2N)cc1. The number of nitrogen functional groups attached to an aromatic ring is 1. The van der Waals surface area contributed by atoms with Gasteiger partial charge in [0.25, 0.3) is 5.91 Å². The van der Waals surface area contributed by atoms with Gasteiger partial charge in [-0.25, -0.2) is 0 Å². The maximum Gasteiger partial charge on any atom is 0.255 e. The third-order valence-corrected chi connectivity index (χ3v) is 5.02. The monoisotopic (exact) mass is 363 g/mol. The van der Waals surface area contributed by atoms with Crippen LogP contribution >= 0.6 is 11.3 Å². The average Bonchev–Trinajstić information content (AvgIpc) is 3.18. The van der Waals surface area contributed by atoms with E-state index in [-0.39, 0.29) is 5.91 Å². The molecule has 0 radical (unpaired) electrons. The summed E-state index contributed by atoms with van der Waals surface area (Å²) in [5.41, 5.74) is 10.2. The maximum absolute atomic E-state index is 12.6. The molecule has 1 aromatic heterocycles. The summed E-state index contributed by atoms with van der Waals surface area (Å²) >= 11 is 1.64. The molecule has 3 aromatic rings. The molecule has 0 fully saturated rings. The summed E-state index contributed by atoms with van der Waals surface area (Å²) in [6.45, 7) is 2.05. The summed E-state index contributed by atoms with van der Waals surface area (Å²) in [6, 6.07) is 16.8. The highest BCUT2D eigenvalue weighted by molar-refractivity contribution is 7.13. The van der Waals surface area contributed by atoms with E-state index in [9.17, 15) is 4.79 Å². The zero-order valence-electron chi connectivity index (χ0n) is 14.6. The minimum absolute atomic E-state index is 0.214. The van der Waals surface area contributed by atoms with Gasteiger partial charge in [-0.3, -0.25) is 4.79 Å². The number of nitrogens with one attached hydrogen (secondary N) is 2. The number of carbonyl (C=O) groups is 1. The van der Waals surface area contributed by atoms with Crippen LogP contribution in [0.3, 0.4) is 0 Å². The molecule has 0 unspecified atom stereocenters. The van der Waals surface area contributed by atoms with Crippen molar-refractivity contribution in [3.8, 4) is 10.4 Å². The summed E-state index contributed by atoms with van der Waals surface area (Å²) < 4.78 is 0. The van der Waals surface area contributed by atoms with Gasteiger partial charge in [0, 0.05) is 16.2 Å².